The lowest BCUT2D eigenvalue weighted by Crippen LogP contribution is -2.08. The molecular formula is C14H9Cl2N3OS. The van der Waals surface area contributed by atoms with Gasteiger partial charge in [0.25, 0.3) is 5.56 Å². The summed E-state index contributed by atoms with van der Waals surface area (Å²) in [6.45, 7) is 0. The summed E-state index contributed by atoms with van der Waals surface area (Å²) in [5.41, 5.74) is 5.95. The van der Waals surface area contributed by atoms with Crippen LogP contribution in [0.2, 0.25) is 10.0 Å². The first-order valence-corrected chi connectivity index (χ1v) is 7.53. The van der Waals surface area contributed by atoms with E-state index in [2.05, 4.69) is 10.2 Å². The Morgan fingerprint density at radius 3 is 2.38 bits per heavy atom. The van der Waals surface area contributed by atoms with E-state index < -0.39 is 0 Å². The molecule has 0 saturated carbocycles. The maximum atomic E-state index is 11.8. The Labute approximate surface area is 134 Å². The predicted octanol–water partition coefficient (Wildman–Crippen LogP) is 3.96. The molecule has 4 nitrogen and oxygen atoms in total. The molecule has 3 aromatic rings. The molecular weight excluding hydrogens is 329 g/mol. The summed E-state index contributed by atoms with van der Waals surface area (Å²) in [6, 6.07) is 10.5. The van der Waals surface area contributed by atoms with Crippen LogP contribution in [0.1, 0.15) is 0 Å². The van der Waals surface area contributed by atoms with Crippen LogP contribution in [0, 0.1) is 0 Å². The van der Waals surface area contributed by atoms with Gasteiger partial charge in [-0.05, 0) is 18.2 Å². The highest BCUT2D eigenvalue weighted by Crippen LogP contribution is 2.40. The van der Waals surface area contributed by atoms with Crippen molar-refractivity contribution in [1.29, 1.82) is 0 Å². The van der Waals surface area contributed by atoms with Gasteiger partial charge in [0.05, 0.1) is 20.3 Å². The van der Waals surface area contributed by atoms with Gasteiger partial charge in [-0.15, -0.1) is 0 Å². The molecule has 0 atom stereocenters. The summed E-state index contributed by atoms with van der Waals surface area (Å²) in [5, 5.41) is 9.39. The number of hydrogen-bond acceptors (Lipinski definition) is 4. The van der Waals surface area contributed by atoms with Crippen LogP contribution < -0.4 is 11.3 Å². The lowest BCUT2D eigenvalue weighted by Gasteiger charge is -2.08. The standard InChI is InChI=1S/C14H9Cl2N3OS/c15-10-5-7(17)6-11(16)12(10)21-14-9-4-2-1-3-8(9)13(20)18-19-14/h1-6H,17H2,(H,18,20). The highest BCUT2D eigenvalue weighted by atomic mass is 35.5. The molecule has 2 aromatic carbocycles. The zero-order chi connectivity index (χ0) is 15.0. The largest absolute Gasteiger partial charge is 0.399 e. The normalized spacial score (nSPS) is 11.0. The molecule has 0 aliphatic rings. The number of benzene rings is 2. The molecule has 0 aliphatic carbocycles. The fourth-order valence-electron chi connectivity index (χ4n) is 1.94. The molecule has 0 aliphatic heterocycles. The SMILES string of the molecule is Nc1cc(Cl)c(Sc2n[nH]c(=O)c3ccccc23)c(Cl)c1. The molecule has 21 heavy (non-hydrogen) atoms. The third-order valence-corrected chi connectivity index (χ3v) is 4.85. The van der Waals surface area contributed by atoms with E-state index in [0.29, 0.717) is 31.0 Å². The van der Waals surface area contributed by atoms with Crippen LogP contribution >= 0.6 is 35.0 Å². The predicted molar refractivity (Wildman–Crippen MR) is 87.4 cm³/mol. The highest BCUT2D eigenvalue weighted by Gasteiger charge is 2.13. The van der Waals surface area contributed by atoms with Crippen molar-refractivity contribution in [2.24, 2.45) is 0 Å². The number of anilines is 1. The van der Waals surface area contributed by atoms with E-state index in [1.807, 2.05) is 12.1 Å². The average Bonchev–Trinajstić information content (AvgIpc) is 2.45. The first kappa shape index (κ1) is 14.3. The Morgan fingerprint density at radius 2 is 1.71 bits per heavy atom. The van der Waals surface area contributed by atoms with Crippen LogP contribution in [0.5, 0.6) is 0 Å². The Morgan fingerprint density at radius 1 is 1.10 bits per heavy atom. The second-order valence-electron chi connectivity index (χ2n) is 4.32. The Hall–Kier alpha value is -1.69. The van der Waals surface area contributed by atoms with Crippen molar-refractivity contribution in [3.8, 4) is 0 Å². The zero-order valence-corrected chi connectivity index (χ0v) is 12.9. The monoisotopic (exact) mass is 337 g/mol. The van der Waals surface area contributed by atoms with Crippen LogP contribution in [0.15, 0.2) is 51.1 Å². The molecule has 0 fully saturated rings. The smallest absolute Gasteiger partial charge is 0.272 e. The molecule has 3 rings (SSSR count). The van der Waals surface area contributed by atoms with Crippen molar-refractivity contribution in [3.05, 3.63) is 56.8 Å². The van der Waals surface area contributed by atoms with Gasteiger partial charge in [-0.3, -0.25) is 4.79 Å². The molecule has 0 saturated heterocycles. The number of rotatable bonds is 2. The first-order chi connectivity index (χ1) is 10.1. The van der Waals surface area contributed by atoms with Crippen molar-refractivity contribution in [2.75, 3.05) is 5.73 Å². The summed E-state index contributed by atoms with van der Waals surface area (Å²) >= 11 is 13.7. The number of aromatic amines is 1. The van der Waals surface area contributed by atoms with E-state index in [0.717, 1.165) is 5.39 Å². The molecule has 0 bridgehead atoms. The van der Waals surface area contributed by atoms with E-state index in [1.165, 1.54) is 11.8 Å². The number of nitrogens with two attached hydrogens (primary N) is 1. The van der Waals surface area contributed by atoms with E-state index in [9.17, 15) is 4.79 Å². The van der Waals surface area contributed by atoms with Gasteiger partial charge in [0.2, 0.25) is 0 Å². The average molecular weight is 338 g/mol. The fourth-order valence-corrected chi connectivity index (χ4v) is 3.56. The van der Waals surface area contributed by atoms with Crippen LogP contribution in [-0.4, -0.2) is 10.2 Å². The molecule has 3 N–H and O–H groups in total. The third-order valence-electron chi connectivity index (χ3n) is 2.88. The van der Waals surface area contributed by atoms with Crippen molar-refractivity contribution in [1.82, 2.24) is 10.2 Å². The third kappa shape index (κ3) is 2.72. The number of nitrogens with zero attached hydrogens (tertiary/aromatic N) is 1. The summed E-state index contributed by atoms with van der Waals surface area (Å²) in [4.78, 5) is 12.4. The topological polar surface area (TPSA) is 71.8 Å². The van der Waals surface area contributed by atoms with Gasteiger partial charge in [0.1, 0.15) is 5.03 Å². The number of H-pyrrole nitrogens is 1. The zero-order valence-electron chi connectivity index (χ0n) is 10.6. The number of halogens is 2. The van der Waals surface area contributed by atoms with Gasteiger partial charge < -0.3 is 5.73 Å². The molecule has 7 heteroatoms. The van der Waals surface area contributed by atoms with E-state index in [1.54, 1.807) is 24.3 Å². The summed E-state index contributed by atoms with van der Waals surface area (Å²) in [7, 11) is 0. The maximum absolute atomic E-state index is 11.8. The Bertz CT molecular complexity index is 872. The second kappa shape index (κ2) is 5.60. The van der Waals surface area contributed by atoms with Crippen LogP contribution in [0.3, 0.4) is 0 Å². The van der Waals surface area contributed by atoms with E-state index in [-0.39, 0.29) is 5.56 Å². The van der Waals surface area contributed by atoms with Crippen molar-refractivity contribution < 1.29 is 0 Å². The number of aromatic nitrogens is 2. The molecule has 1 heterocycles. The Kier molecular flexibility index (Phi) is 3.80. The number of hydrogen-bond donors (Lipinski definition) is 2. The van der Waals surface area contributed by atoms with Gasteiger partial charge in [-0.2, -0.15) is 5.10 Å². The van der Waals surface area contributed by atoms with Gasteiger partial charge >= 0.3 is 0 Å². The van der Waals surface area contributed by atoms with Crippen LogP contribution in [0.4, 0.5) is 5.69 Å². The van der Waals surface area contributed by atoms with Gasteiger partial charge in [-0.1, -0.05) is 53.2 Å². The fraction of sp³-hybridized carbons (Fsp3) is 0. The van der Waals surface area contributed by atoms with E-state index >= 15 is 0 Å². The second-order valence-corrected chi connectivity index (χ2v) is 6.13. The number of nitrogen functional groups attached to an aromatic ring is 1. The lowest BCUT2D eigenvalue weighted by molar-refractivity contribution is 0.927. The van der Waals surface area contributed by atoms with Crippen LogP contribution in [-0.2, 0) is 0 Å². The minimum absolute atomic E-state index is 0.232. The van der Waals surface area contributed by atoms with Gasteiger partial charge in [-0.25, -0.2) is 5.10 Å². The first-order valence-electron chi connectivity index (χ1n) is 5.96. The van der Waals surface area contributed by atoms with Gasteiger partial charge in [0.15, 0.2) is 0 Å². The van der Waals surface area contributed by atoms with Crippen LogP contribution in [0.25, 0.3) is 10.8 Å². The molecule has 106 valence electrons. The molecule has 0 spiro atoms. The van der Waals surface area contributed by atoms with Gasteiger partial charge in [0, 0.05) is 11.1 Å². The lowest BCUT2D eigenvalue weighted by atomic mass is 10.2. The summed E-state index contributed by atoms with van der Waals surface area (Å²) < 4.78 is 0. The van der Waals surface area contributed by atoms with Crippen molar-refractivity contribution in [2.45, 2.75) is 9.92 Å². The van der Waals surface area contributed by atoms with Crippen molar-refractivity contribution in [3.63, 3.8) is 0 Å². The minimum atomic E-state index is -0.232. The quantitative estimate of drug-likeness (QED) is 0.694. The molecule has 0 radical (unpaired) electrons. The summed E-state index contributed by atoms with van der Waals surface area (Å²) in [6.07, 6.45) is 0. The number of nitrogens with one attached hydrogen (secondary N) is 1. The van der Waals surface area contributed by atoms with Crippen molar-refractivity contribution >= 4 is 51.4 Å². The highest BCUT2D eigenvalue weighted by molar-refractivity contribution is 7.99. The maximum Gasteiger partial charge on any atom is 0.272 e. The molecule has 1 aromatic heterocycles. The number of fused-ring (bicyclic) bond motifs is 1. The van der Waals surface area contributed by atoms with E-state index in [4.69, 9.17) is 28.9 Å². The minimum Gasteiger partial charge on any atom is -0.399 e. The summed E-state index contributed by atoms with van der Waals surface area (Å²) in [5.74, 6) is 0. The molecule has 0 amide bonds. The molecule has 0 unspecified atom stereocenters. The Balaban J connectivity index is 2.16.